The highest BCUT2D eigenvalue weighted by molar-refractivity contribution is 6.62. The van der Waals surface area contributed by atoms with Gasteiger partial charge < -0.3 is 18.9 Å². The molecule has 38 heavy (non-hydrogen) atoms. The highest BCUT2D eigenvalue weighted by Crippen LogP contribution is 2.37. The van der Waals surface area contributed by atoms with E-state index in [1.54, 1.807) is 18.0 Å². The third kappa shape index (κ3) is 6.56. The number of carbonyl (C=O) groups is 2. The maximum atomic E-state index is 13.7. The van der Waals surface area contributed by atoms with E-state index in [9.17, 15) is 9.59 Å². The van der Waals surface area contributed by atoms with Crippen molar-refractivity contribution in [3.05, 3.63) is 65.2 Å². The van der Waals surface area contributed by atoms with Gasteiger partial charge in [-0.05, 0) is 61.8 Å². The van der Waals surface area contributed by atoms with E-state index in [0.29, 0.717) is 16.8 Å². The van der Waals surface area contributed by atoms with Crippen LogP contribution < -0.4 is 10.4 Å². The molecule has 1 fully saturated rings. The van der Waals surface area contributed by atoms with Gasteiger partial charge in [0.2, 0.25) is 0 Å². The summed E-state index contributed by atoms with van der Waals surface area (Å²) in [6, 6.07) is 11.4. The standard InChI is InChI=1S/C29H38BNO5.C2H6/c1-11-20-17-21(27(3,4)5)15-16-22(20)26(33)31(10)25-14-12-13-24(23(25)18-34-19(2)32)30-35-28(6,7)29(8,9)36-30;1-2/h11-17H,1,18H2,2-10H3;1-2H3. The Morgan fingerprint density at radius 2 is 1.63 bits per heavy atom. The third-order valence-corrected chi connectivity index (χ3v) is 7.15. The molecule has 6 nitrogen and oxygen atoms in total. The summed E-state index contributed by atoms with van der Waals surface area (Å²) in [6.07, 6.45) is 1.71. The van der Waals surface area contributed by atoms with Gasteiger partial charge >= 0.3 is 13.1 Å². The largest absolute Gasteiger partial charge is 0.495 e. The Balaban J connectivity index is 0.00000247. The number of amides is 1. The van der Waals surface area contributed by atoms with Crippen LogP contribution >= 0.6 is 0 Å². The first-order valence-corrected chi connectivity index (χ1v) is 13.2. The molecule has 2 aromatic carbocycles. The summed E-state index contributed by atoms with van der Waals surface area (Å²) in [7, 11) is 1.05. The number of ether oxygens (including phenoxy) is 1. The number of hydrogen-bond acceptors (Lipinski definition) is 5. The predicted octanol–water partition coefficient (Wildman–Crippen LogP) is 6.29. The van der Waals surface area contributed by atoms with Gasteiger partial charge in [0.25, 0.3) is 5.91 Å². The molecule has 1 aliphatic heterocycles. The van der Waals surface area contributed by atoms with Crippen molar-refractivity contribution in [1.29, 1.82) is 0 Å². The van der Waals surface area contributed by atoms with E-state index in [-0.39, 0.29) is 17.9 Å². The Hall–Kier alpha value is -2.90. The van der Waals surface area contributed by atoms with Crippen LogP contribution in [-0.2, 0) is 30.9 Å². The second-order valence-corrected chi connectivity index (χ2v) is 11.3. The Morgan fingerprint density at radius 1 is 1.05 bits per heavy atom. The summed E-state index contributed by atoms with van der Waals surface area (Å²) in [5.41, 5.74) is 3.29. The average Bonchev–Trinajstić information content (AvgIpc) is 3.08. The zero-order valence-electron chi connectivity index (χ0n) is 25.0. The second kappa shape index (κ2) is 11.9. The van der Waals surface area contributed by atoms with Crippen LogP contribution in [0.15, 0.2) is 43.0 Å². The number of nitrogens with zero attached hydrogens (tertiary/aromatic N) is 1. The van der Waals surface area contributed by atoms with Crippen LogP contribution in [0.25, 0.3) is 6.08 Å². The molecular weight excluding hydrogens is 477 g/mol. The van der Waals surface area contributed by atoms with Crippen LogP contribution in [0.4, 0.5) is 5.69 Å². The Kier molecular flexibility index (Phi) is 9.79. The fourth-order valence-corrected chi connectivity index (χ4v) is 4.11. The number of esters is 1. The van der Waals surface area contributed by atoms with Crippen LogP contribution in [0.3, 0.4) is 0 Å². The highest BCUT2D eigenvalue weighted by Gasteiger charge is 2.52. The topological polar surface area (TPSA) is 65.1 Å². The first-order chi connectivity index (χ1) is 17.6. The molecule has 0 spiro atoms. The molecule has 1 heterocycles. The lowest BCUT2D eigenvalue weighted by atomic mass is 9.75. The van der Waals surface area contributed by atoms with Crippen molar-refractivity contribution in [3.8, 4) is 0 Å². The maximum absolute atomic E-state index is 13.7. The molecule has 3 rings (SSSR count). The van der Waals surface area contributed by atoms with E-state index in [4.69, 9.17) is 14.0 Å². The van der Waals surface area contributed by atoms with Crippen molar-refractivity contribution >= 4 is 36.2 Å². The minimum Gasteiger partial charge on any atom is -0.461 e. The monoisotopic (exact) mass is 521 g/mol. The van der Waals surface area contributed by atoms with Crippen molar-refractivity contribution in [1.82, 2.24) is 0 Å². The van der Waals surface area contributed by atoms with Gasteiger partial charge in [-0.3, -0.25) is 9.59 Å². The average molecular weight is 522 g/mol. The number of rotatable bonds is 6. The molecule has 1 saturated heterocycles. The molecular formula is C31H44BNO5. The molecule has 1 amide bonds. The summed E-state index contributed by atoms with van der Waals surface area (Å²) in [4.78, 5) is 27.0. The van der Waals surface area contributed by atoms with Gasteiger partial charge in [-0.1, -0.05) is 71.5 Å². The summed E-state index contributed by atoms with van der Waals surface area (Å²) in [5.74, 6) is -0.606. The van der Waals surface area contributed by atoms with E-state index in [0.717, 1.165) is 16.6 Å². The van der Waals surface area contributed by atoms with Crippen LogP contribution in [-0.4, -0.2) is 37.2 Å². The number of carbonyl (C=O) groups excluding carboxylic acids is 2. The highest BCUT2D eigenvalue weighted by atomic mass is 16.7. The predicted molar refractivity (Wildman–Crippen MR) is 157 cm³/mol. The zero-order valence-corrected chi connectivity index (χ0v) is 25.0. The first kappa shape index (κ1) is 31.3. The van der Waals surface area contributed by atoms with E-state index >= 15 is 0 Å². The van der Waals surface area contributed by atoms with Gasteiger partial charge in [0.1, 0.15) is 6.61 Å². The SMILES string of the molecule is C=Cc1cc(C(C)(C)C)ccc1C(=O)N(C)c1cccc(B2OC(C)(C)C(C)(C)O2)c1COC(C)=O.CC. The molecule has 0 aliphatic carbocycles. The molecule has 0 bridgehead atoms. The van der Waals surface area contributed by atoms with Gasteiger partial charge in [0, 0.05) is 30.8 Å². The van der Waals surface area contributed by atoms with Crippen LogP contribution in [0.2, 0.25) is 0 Å². The van der Waals surface area contributed by atoms with Crippen molar-refractivity contribution in [2.45, 2.75) is 92.5 Å². The molecule has 0 N–H and O–H groups in total. The van der Waals surface area contributed by atoms with Gasteiger partial charge in [-0.25, -0.2) is 0 Å². The van der Waals surface area contributed by atoms with Crippen LogP contribution in [0.1, 0.15) is 96.3 Å². The quantitative estimate of drug-likeness (QED) is 0.330. The van der Waals surface area contributed by atoms with E-state index in [1.807, 2.05) is 77.9 Å². The first-order valence-electron chi connectivity index (χ1n) is 13.2. The number of hydrogen-bond donors (Lipinski definition) is 0. The Labute approximate surface area is 229 Å². The lowest BCUT2D eigenvalue weighted by molar-refractivity contribution is -0.142. The number of benzene rings is 2. The molecule has 206 valence electrons. The summed E-state index contributed by atoms with van der Waals surface area (Å²) < 4.78 is 18.0. The minimum atomic E-state index is -0.668. The Bertz CT molecular complexity index is 1160. The molecule has 2 aromatic rings. The van der Waals surface area contributed by atoms with Crippen LogP contribution in [0, 0.1) is 0 Å². The maximum Gasteiger partial charge on any atom is 0.495 e. The van der Waals surface area contributed by atoms with Gasteiger partial charge in [-0.15, -0.1) is 0 Å². The zero-order chi connectivity index (χ0) is 29.1. The molecule has 0 unspecified atom stereocenters. The van der Waals surface area contributed by atoms with E-state index in [1.165, 1.54) is 6.92 Å². The molecule has 1 aliphatic rings. The Morgan fingerprint density at radius 3 is 2.13 bits per heavy atom. The summed E-state index contributed by atoms with van der Waals surface area (Å²) >= 11 is 0. The van der Waals surface area contributed by atoms with Crippen molar-refractivity contribution in [2.24, 2.45) is 0 Å². The molecule has 0 atom stereocenters. The fraction of sp³-hybridized carbons (Fsp3) is 0.484. The molecule has 0 aromatic heterocycles. The third-order valence-electron chi connectivity index (χ3n) is 7.15. The fourth-order valence-electron chi connectivity index (χ4n) is 4.11. The summed E-state index contributed by atoms with van der Waals surface area (Å²) in [6.45, 7) is 23.6. The van der Waals surface area contributed by atoms with Crippen molar-refractivity contribution in [2.75, 3.05) is 11.9 Å². The van der Waals surface area contributed by atoms with Crippen LogP contribution in [0.5, 0.6) is 0 Å². The van der Waals surface area contributed by atoms with Crippen molar-refractivity contribution in [3.63, 3.8) is 0 Å². The molecule has 7 heteroatoms. The smallest absolute Gasteiger partial charge is 0.461 e. The normalized spacial score (nSPS) is 15.8. The second-order valence-electron chi connectivity index (χ2n) is 11.3. The van der Waals surface area contributed by atoms with E-state index in [2.05, 4.69) is 27.4 Å². The molecule has 0 radical (unpaired) electrons. The summed E-state index contributed by atoms with van der Waals surface area (Å²) in [5, 5.41) is 0. The number of anilines is 1. The van der Waals surface area contributed by atoms with Gasteiger partial charge in [0.15, 0.2) is 0 Å². The van der Waals surface area contributed by atoms with Gasteiger partial charge in [-0.2, -0.15) is 0 Å². The molecule has 0 saturated carbocycles. The van der Waals surface area contributed by atoms with Gasteiger partial charge in [0.05, 0.1) is 11.2 Å². The van der Waals surface area contributed by atoms with Crippen molar-refractivity contribution < 1.29 is 23.6 Å². The minimum absolute atomic E-state index is 0.0141. The van der Waals surface area contributed by atoms with E-state index < -0.39 is 24.3 Å². The lowest BCUT2D eigenvalue weighted by Gasteiger charge is -2.32. The lowest BCUT2D eigenvalue weighted by Crippen LogP contribution is -2.41.